The summed E-state index contributed by atoms with van der Waals surface area (Å²) in [4.78, 5) is 18.8. The molecular formula is C17H12FKN4O5. The second-order valence-corrected chi connectivity index (χ2v) is 5.58. The van der Waals surface area contributed by atoms with Gasteiger partial charge < -0.3 is 9.47 Å². The molecule has 1 N–H and O–H groups in total. The summed E-state index contributed by atoms with van der Waals surface area (Å²) in [5.74, 6) is -0.0999. The number of benzene rings is 2. The van der Waals surface area contributed by atoms with Crippen molar-refractivity contribution in [1.82, 2.24) is 5.06 Å². The van der Waals surface area contributed by atoms with Crippen LogP contribution in [0.25, 0.3) is 0 Å². The van der Waals surface area contributed by atoms with Gasteiger partial charge in [-0.3, -0.25) is 15.3 Å². The van der Waals surface area contributed by atoms with Gasteiger partial charge in [0.25, 0.3) is 0 Å². The zero-order chi connectivity index (χ0) is 19.0. The number of aliphatic imine (C=N–C) groups is 2. The molecule has 1 unspecified atom stereocenters. The van der Waals surface area contributed by atoms with Gasteiger partial charge in [-0.2, -0.15) is 0 Å². The molecule has 0 aliphatic carbocycles. The number of ether oxygens (including phenoxy) is 2. The predicted octanol–water partition coefficient (Wildman–Crippen LogP) is 2.56. The summed E-state index contributed by atoms with van der Waals surface area (Å²) in [6.07, 6.45) is 1.73. The van der Waals surface area contributed by atoms with Crippen LogP contribution in [0.3, 0.4) is 0 Å². The Morgan fingerprint density at radius 1 is 1.25 bits per heavy atom. The van der Waals surface area contributed by atoms with Crippen molar-refractivity contribution in [2.45, 2.75) is 6.23 Å². The van der Waals surface area contributed by atoms with E-state index in [4.69, 9.17) is 9.47 Å². The Morgan fingerprint density at radius 2 is 2.00 bits per heavy atom. The Bertz CT molecular complexity index is 1010. The summed E-state index contributed by atoms with van der Waals surface area (Å²) in [6, 6.07) is 9.29. The Hall–Kier alpha value is -2.15. The fourth-order valence-electron chi connectivity index (χ4n) is 2.53. The molecule has 0 saturated carbocycles. The van der Waals surface area contributed by atoms with Gasteiger partial charge in [-0.15, -0.1) is 0 Å². The van der Waals surface area contributed by atoms with Crippen molar-refractivity contribution < 1.29 is 24.0 Å². The third-order valence-electron chi connectivity index (χ3n) is 3.78. The SMILES string of the molecule is O=[N+]([O-])c1cc(C2=NC3=CN=CN(O)C3O2)ccc1Oc1ccc(F)cc1.[KH]. The van der Waals surface area contributed by atoms with E-state index in [1.54, 1.807) is 0 Å². The minimum absolute atomic E-state index is 0. The van der Waals surface area contributed by atoms with E-state index in [1.165, 1.54) is 48.7 Å². The van der Waals surface area contributed by atoms with Gasteiger partial charge in [0.15, 0.2) is 0 Å². The van der Waals surface area contributed by atoms with E-state index in [0.29, 0.717) is 11.3 Å². The maximum absolute atomic E-state index is 13.0. The Morgan fingerprint density at radius 3 is 2.68 bits per heavy atom. The van der Waals surface area contributed by atoms with Gasteiger partial charge in [-0.1, -0.05) is 0 Å². The first-order chi connectivity index (χ1) is 13.0. The number of hydrogen-bond donors (Lipinski definition) is 1. The van der Waals surface area contributed by atoms with Gasteiger partial charge in [0.2, 0.25) is 17.9 Å². The molecule has 0 aromatic heterocycles. The molecule has 0 spiro atoms. The van der Waals surface area contributed by atoms with Crippen molar-refractivity contribution in [1.29, 1.82) is 0 Å². The number of halogens is 1. The van der Waals surface area contributed by atoms with Crippen LogP contribution >= 0.6 is 0 Å². The molecule has 28 heavy (non-hydrogen) atoms. The van der Waals surface area contributed by atoms with E-state index in [1.807, 2.05) is 0 Å². The first-order valence-electron chi connectivity index (χ1n) is 7.69. The summed E-state index contributed by atoms with van der Waals surface area (Å²) >= 11 is 0. The molecule has 4 rings (SSSR count). The standard InChI is InChI=1S/C17H11FN4O5.K.H/c18-11-2-4-12(5-3-11)26-15-6-1-10(7-14(15)22(24)25)16-20-13-8-19-9-21(23)17(13)27-16;;/h1-9,17,23H;;. The minimum atomic E-state index is -0.855. The number of nitro benzene ring substituents is 1. The molecule has 0 bridgehead atoms. The summed E-state index contributed by atoms with van der Waals surface area (Å²) in [7, 11) is 0. The Kier molecular flexibility index (Phi) is 6.22. The number of fused-ring (bicyclic) bond motifs is 1. The normalized spacial score (nSPS) is 17.1. The van der Waals surface area contributed by atoms with Gasteiger partial charge in [-0.05, 0) is 36.4 Å². The number of hydroxylamine groups is 2. The van der Waals surface area contributed by atoms with Crippen LogP contribution < -0.4 is 4.74 Å². The number of nitro groups is 1. The van der Waals surface area contributed by atoms with E-state index < -0.39 is 17.0 Å². The third-order valence-corrected chi connectivity index (χ3v) is 3.78. The molecule has 2 aliphatic heterocycles. The van der Waals surface area contributed by atoms with Crippen molar-refractivity contribution in [2.24, 2.45) is 9.98 Å². The van der Waals surface area contributed by atoms with Crippen LogP contribution in [-0.4, -0.2) is 85.0 Å². The molecule has 11 heteroatoms. The van der Waals surface area contributed by atoms with E-state index in [-0.39, 0.29) is 74.5 Å². The molecule has 2 heterocycles. The third kappa shape index (κ3) is 4.14. The number of nitrogens with zero attached hydrogens (tertiary/aromatic N) is 4. The average molecular weight is 410 g/mol. The van der Waals surface area contributed by atoms with Crippen LogP contribution in [0.1, 0.15) is 5.56 Å². The molecule has 138 valence electrons. The molecule has 0 fully saturated rings. The van der Waals surface area contributed by atoms with Gasteiger partial charge in [0, 0.05) is 11.6 Å². The summed E-state index contributed by atoms with van der Waals surface area (Å²) in [5, 5.41) is 21.9. The summed E-state index contributed by atoms with van der Waals surface area (Å²) in [6.45, 7) is 0. The monoisotopic (exact) mass is 410 g/mol. The van der Waals surface area contributed by atoms with Crippen molar-refractivity contribution >= 4 is 69.3 Å². The first kappa shape index (κ1) is 20.6. The molecule has 2 aromatic rings. The quantitative estimate of drug-likeness (QED) is 0.471. The molecule has 2 aliphatic rings. The van der Waals surface area contributed by atoms with E-state index in [9.17, 15) is 19.7 Å². The molecule has 9 nitrogen and oxygen atoms in total. The summed E-state index contributed by atoms with van der Waals surface area (Å²) < 4.78 is 24.0. The predicted molar refractivity (Wildman–Crippen MR) is 98.3 cm³/mol. The van der Waals surface area contributed by atoms with Gasteiger partial charge >= 0.3 is 57.1 Å². The van der Waals surface area contributed by atoms with Crippen molar-refractivity contribution in [3.05, 3.63) is 75.9 Å². The zero-order valence-electron chi connectivity index (χ0n) is 13.5. The van der Waals surface area contributed by atoms with Crippen molar-refractivity contribution in [2.75, 3.05) is 0 Å². The van der Waals surface area contributed by atoms with Gasteiger partial charge in [-0.25, -0.2) is 19.4 Å². The molecule has 2 aromatic carbocycles. The fourth-order valence-corrected chi connectivity index (χ4v) is 2.53. The molecule has 0 radical (unpaired) electrons. The second-order valence-electron chi connectivity index (χ2n) is 5.58. The van der Waals surface area contributed by atoms with Gasteiger partial charge in [0.1, 0.15) is 23.6 Å². The first-order valence-corrected chi connectivity index (χ1v) is 7.69. The summed E-state index contributed by atoms with van der Waals surface area (Å²) in [5.41, 5.74) is 0.380. The van der Waals surface area contributed by atoms with Crippen molar-refractivity contribution in [3.8, 4) is 11.5 Å². The van der Waals surface area contributed by atoms with Gasteiger partial charge in [0.05, 0.1) is 11.1 Å². The fraction of sp³-hybridized carbons (Fsp3) is 0.0588. The van der Waals surface area contributed by atoms with Crippen LogP contribution in [-0.2, 0) is 4.74 Å². The molecule has 0 amide bonds. The molecule has 1 atom stereocenters. The van der Waals surface area contributed by atoms with E-state index in [0.717, 1.165) is 11.4 Å². The van der Waals surface area contributed by atoms with E-state index >= 15 is 0 Å². The van der Waals surface area contributed by atoms with Crippen LogP contribution in [0.15, 0.2) is 64.3 Å². The average Bonchev–Trinajstić information content (AvgIpc) is 3.09. The second kappa shape index (κ2) is 8.47. The molecule has 0 saturated heterocycles. The molecular weight excluding hydrogens is 398 g/mol. The van der Waals surface area contributed by atoms with E-state index in [2.05, 4.69) is 9.98 Å². The number of rotatable bonds is 4. The Balaban J connectivity index is 0.00000225. The zero-order valence-corrected chi connectivity index (χ0v) is 13.5. The van der Waals surface area contributed by atoms with Crippen LogP contribution in [0.2, 0.25) is 0 Å². The maximum atomic E-state index is 13.0. The van der Waals surface area contributed by atoms with Crippen molar-refractivity contribution in [3.63, 3.8) is 0 Å². The van der Waals surface area contributed by atoms with Crippen LogP contribution in [0.5, 0.6) is 11.5 Å². The van der Waals surface area contributed by atoms with Crippen LogP contribution in [0.4, 0.5) is 10.1 Å². The number of hydrogen-bond acceptors (Lipinski definition) is 8. The topological polar surface area (TPSA) is 110 Å². The Labute approximate surface area is 200 Å². The van der Waals surface area contributed by atoms with Crippen LogP contribution in [0, 0.1) is 15.9 Å².